The second kappa shape index (κ2) is 6.11. The summed E-state index contributed by atoms with van der Waals surface area (Å²) in [5.74, 6) is -0.368. The van der Waals surface area contributed by atoms with Crippen LogP contribution < -0.4 is 5.32 Å². The quantitative estimate of drug-likeness (QED) is 0.873. The standard InChI is InChI=1S/C12H18ClN3O2/c1-12(2,3)6-8(17)7-14-11(18)9-4-5-10(13)16-15-9/h4-5,8,17H,6-7H2,1-3H3,(H,14,18). The molecule has 0 aliphatic heterocycles. The van der Waals surface area contributed by atoms with Crippen LogP contribution in [0.4, 0.5) is 0 Å². The van der Waals surface area contributed by atoms with E-state index in [0.29, 0.717) is 6.42 Å². The molecule has 0 bridgehead atoms. The molecule has 0 saturated carbocycles. The molecule has 1 atom stereocenters. The molecule has 1 amide bonds. The van der Waals surface area contributed by atoms with Crippen LogP contribution in [0.2, 0.25) is 5.15 Å². The van der Waals surface area contributed by atoms with E-state index in [1.54, 1.807) is 0 Å². The molecule has 18 heavy (non-hydrogen) atoms. The van der Waals surface area contributed by atoms with Crippen molar-refractivity contribution in [3.63, 3.8) is 0 Å². The highest BCUT2D eigenvalue weighted by Gasteiger charge is 2.17. The van der Waals surface area contributed by atoms with Crippen molar-refractivity contribution in [3.8, 4) is 0 Å². The number of nitrogens with one attached hydrogen (secondary N) is 1. The van der Waals surface area contributed by atoms with Gasteiger partial charge in [0.15, 0.2) is 10.8 Å². The van der Waals surface area contributed by atoms with Crippen molar-refractivity contribution in [2.45, 2.75) is 33.3 Å². The van der Waals surface area contributed by atoms with Gasteiger partial charge >= 0.3 is 0 Å². The Balaban J connectivity index is 2.44. The summed E-state index contributed by atoms with van der Waals surface area (Å²) in [6, 6.07) is 2.98. The number of amides is 1. The number of hydrogen-bond donors (Lipinski definition) is 2. The van der Waals surface area contributed by atoms with E-state index < -0.39 is 6.10 Å². The number of aliphatic hydroxyl groups is 1. The van der Waals surface area contributed by atoms with Crippen molar-refractivity contribution >= 4 is 17.5 Å². The Morgan fingerprint density at radius 1 is 1.44 bits per heavy atom. The number of carbonyl (C=O) groups is 1. The smallest absolute Gasteiger partial charge is 0.271 e. The number of halogens is 1. The first-order valence-corrected chi connectivity index (χ1v) is 6.11. The molecule has 100 valence electrons. The summed E-state index contributed by atoms with van der Waals surface area (Å²) in [5, 5.41) is 19.8. The van der Waals surface area contributed by atoms with E-state index in [2.05, 4.69) is 15.5 Å². The van der Waals surface area contributed by atoms with Crippen LogP contribution in [-0.2, 0) is 0 Å². The summed E-state index contributed by atoms with van der Waals surface area (Å²) in [6.07, 6.45) is 0.0359. The Labute approximate surface area is 112 Å². The third-order valence-electron chi connectivity index (χ3n) is 2.21. The van der Waals surface area contributed by atoms with Gasteiger partial charge in [0.25, 0.3) is 5.91 Å². The third kappa shape index (κ3) is 5.42. The van der Waals surface area contributed by atoms with Crippen LogP contribution in [0.25, 0.3) is 0 Å². The fourth-order valence-electron chi connectivity index (χ4n) is 1.52. The van der Waals surface area contributed by atoms with Crippen molar-refractivity contribution in [2.24, 2.45) is 5.41 Å². The molecule has 0 aliphatic rings. The SMILES string of the molecule is CC(C)(C)CC(O)CNC(=O)c1ccc(Cl)nn1. The lowest BCUT2D eigenvalue weighted by Gasteiger charge is -2.22. The zero-order valence-electron chi connectivity index (χ0n) is 10.8. The largest absolute Gasteiger partial charge is 0.391 e. The average Bonchev–Trinajstić information content (AvgIpc) is 2.24. The molecule has 1 aromatic heterocycles. The Kier molecular flexibility index (Phi) is 5.04. The highest BCUT2D eigenvalue weighted by Crippen LogP contribution is 2.20. The van der Waals surface area contributed by atoms with Gasteiger partial charge < -0.3 is 10.4 Å². The molecule has 5 nitrogen and oxygen atoms in total. The van der Waals surface area contributed by atoms with Crippen LogP contribution in [-0.4, -0.2) is 33.9 Å². The molecule has 2 N–H and O–H groups in total. The fraction of sp³-hybridized carbons (Fsp3) is 0.583. The number of aromatic nitrogens is 2. The molecule has 6 heteroatoms. The van der Waals surface area contributed by atoms with Gasteiger partial charge in [-0.3, -0.25) is 4.79 Å². The number of aliphatic hydroxyl groups excluding tert-OH is 1. The highest BCUT2D eigenvalue weighted by atomic mass is 35.5. The highest BCUT2D eigenvalue weighted by molar-refractivity contribution is 6.29. The average molecular weight is 272 g/mol. The zero-order chi connectivity index (χ0) is 13.8. The monoisotopic (exact) mass is 271 g/mol. The minimum absolute atomic E-state index is 0.0181. The maximum atomic E-state index is 11.7. The molecule has 1 unspecified atom stereocenters. The van der Waals surface area contributed by atoms with E-state index in [-0.39, 0.29) is 28.7 Å². The molecule has 1 heterocycles. The van der Waals surface area contributed by atoms with Gasteiger partial charge in [0.2, 0.25) is 0 Å². The predicted octanol–water partition coefficient (Wildman–Crippen LogP) is 1.66. The minimum atomic E-state index is -0.575. The molecule has 0 fully saturated rings. The lowest BCUT2D eigenvalue weighted by molar-refractivity contribution is 0.0863. The second-order valence-electron chi connectivity index (χ2n) is 5.37. The van der Waals surface area contributed by atoms with Crippen LogP contribution in [0.15, 0.2) is 12.1 Å². The van der Waals surface area contributed by atoms with Crippen molar-refractivity contribution in [1.29, 1.82) is 0 Å². The molecule has 0 spiro atoms. The Morgan fingerprint density at radius 3 is 2.61 bits per heavy atom. The van der Waals surface area contributed by atoms with Crippen molar-refractivity contribution < 1.29 is 9.90 Å². The third-order valence-corrected chi connectivity index (χ3v) is 2.41. The van der Waals surface area contributed by atoms with Crippen LogP contribution in [0.1, 0.15) is 37.7 Å². The van der Waals surface area contributed by atoms with Crippen molar-refractivity contribution in [2.75, 3.05) is 6.54 Å². The van der Waals surface area contributed by atoms with Crippen molar-refractivity contribution in [1.82, 2.24) is 15.5 Å². The molecule has 1 aromatic rings. The Morgan fingerprint density at radius 2 is 2.11 bits per heavy atom. The van der Waals surface area contributed by atoms with Crippen LogP contribution in [0, 0.1) is 5.41 Å². The Bertz CT molecular complexity index is 401. The van der Waals surface area contributed by atoms with E-state index in [0.717, 1.165) is 0 Å². The fourth-order valence-corrected chi connectivity index (χ4v) is 1.62. The normalized spacial score (nSPS) is 13.2. The summed E-state index contributed by atoms with van der Waals surface area (Å²) in [4.78, 5) is 11.7. The molecule has 0 saturated heterocycles. The lowest BCUT2D eigenvalue weighted by atomic mass is 9.89. The summed E-state index contributed by atoms with van der Waals surface area (Å²) < 4.78 is 0. The maximum absolute atomic E-state index is 11.7. The first-order valence-electron chi connectivity index (χ1n) is 5.73. The maximum Gasteiger partial charge on any atom is 0.271 e. The second-order valence-corrected chi connectivity index (χ2v) is 5.76. The van der Waals surface area contributed by atoms with Gasteiger partial charge in [0, 0.05) is 6.54 Å². The van der Waals surface area contributed by atoms with Gasteiger partial charge in [-0.1, -0.05) is 32.4 Å². The van der Waals surface area contributed by atoms with Crippen molar-refractivity contribution in [3.05, 3.63) is 23.0 Å². The zero-order valence-corrected chi connectivity index (χ0v) is 11.5. The first kappa shape index (κ1) is 14.9. The van der Waals surface area contributed by atoms with E-state index in [4.69, 9.17) is 11.6 Å². The van der Waals surface area contributed by atoms with Gasteiger partial charge in [-0.15, -0.1) is 10.2 Å². The Hall–Kier alpha value is -1.20. The number of hydrogen-bond acceptors (Lipinski definition) is 4. The van der Waals surface area contributed by atoms with E-state index in [1.807, 2.05) is 20.8 Å². The van der Waals surface area contributed by atoms with Crippen LogP contribution in [0.5, 0.6) is 0 Å². The molecular formula is C12H18ClN3O2. The minimum Gasteiger partial charge on any atom is -0.391 e. The van der Waals surface area contributed by atoms with Gasteiger partial charge in [0.1, 0.15) is 0 Å². The lowest BCUT2D eigenvalue weighted by Crippen LogP contribution is -2.34. The number of rotatable bonds is 4. The molecule has 0 aliphatic carbocycles. The van der Waals surface area contributed by atoms with Crippen LogP contribution >= 0.6 is 11.6 Å². The summed E-state index contributed by atoms with van der Waals surface area (Å²) >= 11 is 5.57. The summed E-state index contributed by atoms with van der Waals surface area (Å²) in [5.41, 5.74) is 0.201. The van der Waals surface area contributed by atoms with Gasteiger partial charge in [-0.25, -0.2) is 0 Å². The molecule has 1 rings (SSSR count). The van der Waals surface area contributed by atoms with Gasteiger partial charge in [-0.05, 0) is 24.0 Å². The first-order chi connectivity index (χ1) is 8.28. The van der Waals surface area contributed by atoms with Crippen LogP contribution in [0.3, 0.4) is 0 Å². The van der Waals surface area contributed by atoms with Gasteiger partial charge in [0.05, 0.1) is 6.10 Å². The van der Waals surface area contributed by atoms with Gasteiger partial charge in [-0.2, -0.15) is 0 Å². The summed E-state index contributed by atoms with van der Waals surface area (Å²) in [6.45, 7) is 6.29. The summed E-state index contributed by atoms with van der Waals surface area (Å²) in [7, 11) is 0. The topological polar surface area (TPSA) is 75.1 Å². The van der Waals surface area contributed by atoms with E-state index in [9.17, 15) is 9.90 Å². The number of carbonyl (C=O) groups excluding carboxylic acids is 1. The van der Waals surface area contributed by atoms with E-state index in [1.165, 1.54) is 12.1 Å². The molecular weight excluding hydrogens is 254 g/mol. The number of nitrogens with zero attached hydrogens (tertiary/aromatic N) is 2. The van der Waals surface area contributed by atoms with E-state index >= 15 is 0 Å². The predicted molar refractivity (Wildman–Crippen MR) is 69.5 cm³/mol. The molecule has 0 aromatic carbocycles. The molecule has 0 radical (unpaired) electrons.